The van der Waals surface area contributed by atoms with E-state index in [0.717, 1.165) is 4.88 Å². The fourth-order valence-corrected chi connectivity index (χ4v) is 3.12. The van der Waals surface area contributed by atoms with Gasteiger partial charge in [0.2, 0.25) is 0 Å². The maximum Gasteiger partial charge on any atom is 0.264 e. The number of carbonyl (C=O) groups excluding carboxylic acids is 1. The van der Waals surface area contributed by atoms with Crippen LogP contribution in [0.2, 0.25) is 0 Å². The zero-order chi connectivity index (χ0) is 12.4. The zero-order valence-corrected chi connectivity index (χ0v) is 11.6. The number of morpholine rings is 1. The van der Waals surface area contributed by atoms with Gasteiger partial charge in [0.25, 0.3) is 5.91 Å². The Morgan fingerprint density at radius 2 is 2.41 bits per heavy atom. The van der Waals surface area contributed by atoms with E-state index in [9.17, 15) is 4.79 Å². The molecule has 1 unspecified atom stereocenters. The van der Waals surface area contributed by atoms with Crippen LogP contribution in [0.1, 0.15) is 20.1 Å². The topological polar surface area (TPSA) is 29.5 Å². The molecule has 0 aromatic carbocycles. The van der Waals surface area contributed by atoms with E-state index >= 15 is 0 Å². The molecule has 3 nitrogen and oxygen atoms in total. The Morgan fingerprint density at radius 3 is 3.00 bits per heavy atom. The molecule has 5 heteroatoms. The van der Waals surface area contributed by atoms with E-state index in [0.29, 0.717) is 25.6 Å². The molecule has 94 valence electrons. The summed E-state index contributed by atoms with van der Waals surface area (Å²) in [6.07, 6.45) is 0. The van der Waals surface area contributed by atoms with Gasteiger partial charge in [0.1, 0.15) is 0 Å². The molecule has 1 aromatic rings. The number of amides is 1. The molecule has 1 atom stereocenters. The van der Waals surface area contributed by atoms with Crippen molar-refractivity contribution in [1.29, 1.82) is 0 Å². The van der Waals surface area contributed by atoms with Gasteiger partial charge in [0.05, 0.1) is 24.1 Å². The highest BCUT2D eigenvalue weighted by molar-refractivity contribution is 7.14. The monoisotopic (exact) mass is 273 g/mol. The van der Waals surface area contributed by atoms with Crippen molar-refractivity contribution in [3.8, 4) is 0 Å². The van der Waals surface area contributed by atoms with Gasteiger partial charge in [-0.3, -0.25) is 4.79 Å². The number of carbonyl (C=O) groups is 1. The van der Waals surface area contributed by atoms with Crippen LogP contribution >= 0.6 is 22.9 Å². The van der Waals surface area contributed by atoms with Gasteiger partial charge in [0, 0.05) is 17.3 Å². The van der Waals surface area contributed by atoms with E-state index in [-0.39, 0.29) is 11.9 Å². The summed E-state index contributed by atoms with van der Waals surface area (Å²) in [4.78, 5) is 16.2. The Balaban J connectivity index is 2.18. The van der Waals surface area contributed by atoms with Crippen molar-refractivity contribution in [3.05, 3.63) is 21.4 Å². The maximum atomic E-state index is 12.4. The normalized spacial score (nSPS) is 20.6. The highest BCUT2D eigenvalue weighted by atomic mass is 35.5. The van der Waals surface area contributed by atoms with Gasteiger partial charge in [0.15, 0.2) is 0 Å². The van der Waals surface area contributed by atoms with Crippen molar-refractivity contribution >= 4 is 28.8 Å². The largest absolute Gasteiger partial charge is 0.377 e. The SMILES string of the molecule is Cc1cc(C(=O)N2CCOCC2CCl)sc1C. The smallest absolute Gasteiger partial charge is 0.264 e. The number of halogens is 1. The molecule has 2 heterocycles. The third-order valence-electron chi connectivity index (χ3n) is 3.04. The fraction of sp³-hybridized carbons (Fsp3) is 0.583. The first-order chi connectivity index (χ1) is 8.13. The average molecular weight is 274 g/mol. The lowest BCUT2D eigenvalue weighted by Crippen LogP contribution is -2.49. The number of ether oxygens (including phenoxy) is 1. The number of alkyl halides is 1. The number of nitrogens with zero attached hydrogens (tertiary/aromatic N) is 1. The van der Waals surface area contributed by atoms with Crippen LogP contribution in [-0.2, 0) is 4.74 Å². The Hall–Kier alpha value is -0.580. The molecule has 0 spiro atoms. The van der Waals surface area contributed by atoms with Gasteiger partial charge in [-0.1, -0.05) is 0 Å². The molecule has 0 saturated carbocycles. The second-order valence-electron chi connectivity index (χ2n) is 4.23. The third-order valence-corrected chi connectivity index (χ3v) is 4.54. The van der Waals surface area contributed by atoms with Crippen LogP contribution in [0.15, 0.2) is 6.07 Å². The lowest BCUT2D eigenvalue weighted by molar-refractivity contribution is 0.00483. The predicted molar refractivity (Wildman–Crippen MR) is 70.2 cm³/mol. The minimum absolute atomic E-state index is 0.000582. The van der Waals surface area contributed by atoms with Crippen molar-refractivity contribution < 1.29 is 9.53 Å². The molecule has 1 aromatic heterocycles. The molecule has 0 aliphatic carbocycles. The third kappa shape index (κ3) is 2.64. The first-order valence-corrected chi connectivity index (χ1v) is 7.00. The molecule has 1 saturated heterocycles. The summed E-state index contributed by atoms with van der Waals surface area (Å²) in [5, 5.41) is 0. The maximum absolute atomic E-state index is 12.4. The molecule has 1 aliphatic rings. The van der Waals surface area contributed by atoms with Crippen molar-refractivity contribution in [1.82, 2.24) is 4.90 Å². The van der Waals surface area contributed by atoms with Crippen LogP contribution in [0.4, 0.5) is 0 Å². The quantitative estimate of drug-likeness (QED) is 0.775. The summed E-state index contributed by atoms with van der Waals surface area (Å²) in [5.74, 6) is 0.509. The predicted octanol–water partition coefficient (Wildman–Crippen LogP) is 2.44. The van der Waals surface area contributed by atoms with Gasteiger partial charge >= 0.3 is 0 Å². The lowest BCUT2D eigenvalue weighted by atomic mass is 10.2. The summed E-state index contributed by atoms with van der Waals surface area (Å²) in [6, 6.07) is 1.96. The van der Waals surface area contributed by atoms with Crippen LogP contribution in [0.25, 0.3) is 0 Å². The van der Waals surface area contributed by atoms with E-state index < -0.39 is 0 Å². The van der Waals surface area contributed by atoms with Crippen molar-refractivity contribution in [2.45, 2.75) is 19.9 Å². The Labute approximate surface area is 110 Å². The Bertz CT molecular complexity index is 399. The molecule has 0 bridgehead atoms. The van der Waals surface area contributed by atoms with Crippen molar-refractivity contribution in [2.75, 3.05) is 25.6 Å². The Kier molecular flexibility index (Phi) is 4.07. The second kappa shape index (κ2) is 5.38. The van der Waals surface area contributed by atoms with Gasteiger partial charge in [-0.25, -0.2) is 0 Å². The second-order valence-corrected chi connectivity index (χ2v) is 5.80. The number of hydrogen-bond acceptors (Lipinski definition) is 3. The summed E-state index contributed by atoms with van der Waals surface area (Å²) in [6.45, 7) is 5.84. The fourth-order valence-electron chi connectivity index (χ4n) is 1.87. The summed E-state index contributed by atoms with van der Waals surface area (Å²) >= 11 is 7.43. The van der Waals surface area contributed by atoms with E-state index in [2.05, 4.69) is 0 Å². The minimum atomic E-state index is 0.000582. The van der Waals surface area contributed by atoms with Crippen LogP contribution in [0.3, 0.4) is 0 Å². The van der Waals surface area contributed by atoms with Crippen LogP contribution < -0.4 is 0 Å². The summed E-state index contributed by atoms with van der Waals surface area (Å²) in [7, 11) is 0. The van der Waals surface area contributed by atoms with E-state index in [1.165, 1.54) is 10.4 Å². The minimum Gasteiger partial charge on any atom is -0.377 e. The highest BCUT2D eigenvalue weighted by Crippen LogP contribution is 2.23. The van der Waals surface area contributed by atoms with Crippen molar-refractivity contribution in [3.63, 3.8) is 0 Å². The van der Waals surface area contributed by atoms with Crippen LogP contribution in [0, 0.1) is 13.8 Å². The summed E-state index contributed by atoms with van der Waals surface area (Å²) in [5.41, 5.74) is 1.18. The molecule has 1 aliphatic heterocycles. The molecular weight excluding hydrogens is 258 g/mol. The van der Waals surface area contributed by atoms with E-state index in [1.54, 1.807) is 11.3 Å². The number of aryl methyl sites for hydroxylation is 2. The zero-order valence-electron chi connectivity index (χ0n) is 10.0. The van der Waals surface area contributed by atoms with Gasteiger partial charge in [-0.05, 0) is 25.5 Å². The molecule has 1 amide bonds. The highest BCUT2D eigenvalue weighted by Gasteiger charge is 2.28. The van der Waals surface area contributed by atoms with Crippen LogP contribution in [0.5, 0.6) is 0 Å². The lowest BCUT2D eigenvalue weighted by Gasteiger charge is -2.34. The number of hydrogen-bond donors (Lipinski definition) is 0. The molecule has 0 N–H and O–H groups in total. The van der Waals surface area contributed by atoms with Gasteiger partial charge in [-0.15, -0.1) is 22.9 Å². The molecule has 1 fully saturated rings. The molecule has 2 rings (SSSR count). The molecular formula is C12H16ClNO2S. The Morgan fingerprint density at radius 1 is 1.65 bits per heavy atom. The van der Waals surface area contributed by atoms with E-state index in [1.807, 2.05) is 24.8 Å². The number of thiophene rings is 1. The van der Waals surface area contributed by atoms with Gasteiger partial charge in [-0.2, -0.15) is 0 Å². The first-order valence-electron chi connectivity index (χ1n) is 5.65. The van der Waals surface area contributed by atoms with Crippen molar-refractivity contribution in [2.24, 2.45) is 0 Å². The van der Waals surface area contributed by atoms with E-state index in [4.69, 9.17) is 16.3 Å². The first kappa shape index (κ1) is 12.9. The molecule has 0 radical (unpaired) electrons. The summed E-state index contributed by atoms with van der Waals surface area (Å²) < 4.78 is 5.34. The molecule has 17 heavy (non-hydrogen) atoms. The standard InChI is InChI=1S/C12H16ClNO2S/c1-8-5-11(17-9(8)2)12(15)14-3-4-16-7-10(14)6-13/h5,10H,3-4,6-7H2,1-2H3. The van der Waals surface area contributed by atoms with Crippen LogP contribution in [-0.4, -0.2) is 42.5 Å². The van der Waals surface area contributed by atoms with Gasteiger partial charge < -0.3 is 9.64 Å². The number of rotatable bonds is 2. The average Bonchev–Trinajstić information content (AvgIpc) is 2.68.